The number of nitrogens with one attached hydrogen (secondary N) is 1. The van der Waals surface area contributed by atoms with Crippen molar-refractivity contribution in [2.45, 2.75) is 44.4 Å². The van der Waals surface area contributed by atoms with Gasteiger partial charge in [0.2, 0.25) is 0 Å². The first-order chi connectivity index (χ1) is 9.86. The highest BCUT2D eigenvalue weighted by Crippen LogP contribution is 2.32. The third kappa shape index (κ3) is 4.59. The lowest BCUT2D eigenvalue weighted by atomic mass is 10.00. The van der Waals surface area contributed by atoms with Crippen LogP contribution in [0.25, 0.3) is 0 Å². The van der Waals surface area contributed by atoms with Crippen LogP contribution in [0.15, 0.2) is 18.2 Å². The topological polar surface area (TPSA) is 32.3 Å². The van der Waals surface area contributed by atoms with E-state index in [1.165, 1.54) is 0 Å². The van der Waals surface area contributed by atoms with Crippen LogP contribution in [0.4, 0.5) is 23.2 Å². The first kappa shape index (κ1) is 16.1. The van der Waals surface area contributed by atoms with E-state index in [1.807, 2.05) is 0 Å². The van der Waals surface area contributed by atoms with Crippen LogP contribution in [0.1, 0.15) is 37.7 Å². The first-order valence-corrected chi connectivity index (χ1v) is 7.15. The lowest BCUT2D eigenvalue weighted by Crippen LogP contribution is -2.22. The fourth-order valence-electron chi connectivity index (χ4n) is 2.78. The van der Waals surface area contributed by atoms with Gasteiger partial charge in [0.05, 0.1) is 17.4 Å². The molecule has 6 heteroatoms. The Kier molecular flexibility index (Phi) is 5.08. The second-order valence-corrected chi connectivity index (χ2v) is 5.61. The van der Waals surface area contributed by atoms with E-state index in [0.29, 0.717) is 18.4 Å². The first-order valence-electron chi connectivity index (χ1n) is 7.15. The van der Waals surface area contributed by atoms with Crippen molar-refractivity contribution in [2.75, 3.05) is 11.9 Å². The molecular formula is C15H19F4NO. The van der Waals surface area contributed by atoms with Crippen molar-refractivity contribution < 1.29 is 22.7 Å². The Bertz CT molecular complexity index is 469. The molecule has 2 N–H and O–H groups in total. The van der Waals surface area contributed by atoms with E-state index in [-0.39, 0.29) is 12.2 Å². The maximum absolute atomic E-state index is 13.5. The van der Waals surface area contributed by atoms with Crippen LogP contribution < -0.4 is 5.32 Å². The molecule has 2 rings (SSSR count). The molecule has 1 fully saturated rings. The summed E-state index contributed by atoms with van der Waals surface area (Å²) in [5, 5.41) is 12.5. The van der Waals surface area contributed by atoms with E-state index in [9.17, 15) is 22.7 Å². The number of halogens is 4. The average Bonchev–Trinajstić information content (AvgIpc) is 2.89. The lowest BCUT2D eigenvalue weighted by Gasteiger charge is -2.17. The van der Waals surface area contributed by atoms with Gasteiger partial charge >= 0.3 is 6.18 Å². The van der Waals surface area contributed by atoms with Gasteiger partial charge in [-0.1, -0.05) is 25.7 Å². The molecule has 1 atom stereocenters. The van der Waals surface area contributed by atoms with Crippen LogP contribution in [0.2, 0.25) is 0 Å². The number of hydrogen-bond acceptors (Lipinski definition) is 2. The molecule has 21 heavy (non-hydrogen) atoms. The highest BCUT2D eigenvalue weighted by Gasteiger charge is 2.31. The minimum atomic E-state index is -4.51. The summed E-state index contributed by atoms with van der Waals surface area (Å²) >= 11 is 0. The van der Waals surface area contributed by atoms with Gasteiger partial charge in [-0.05, 0) is 30.5 Å². The van der Waals surface area contributed by atoms with Gasteiger partial charge in [-0.2, -0.15) is 13.2 Å². The number of benzene rings is 1. The van der Waals surface area contributed by atoms with Crippen molar-refractivity contribution in [1.29, 1.82) is 0 Å². The summed E-state index contributed by atoms with van der Waals surface area (Å²) in [5.74, 6) is -0.288. The van der Waals surface area contributed by atoms with Crippen molar-refractivity contribution in [2.24, 2.45) is 5.92 Å². The molecule has 1 aromatic rings. The normalized spacial score (nSPS) is 18.0. The predicted octanol–water partition coefficient (Wildman–Crippen LogP) is 4.20. The molecule has 0 heterocycles. The molecule has 2 nitrogen and oxygen atoms in total. The van der Waals surface area contributed by atoms with Gasteiger partial charge in [0.1, 0.15) is 5.82 Å². The number of alkyl halides is 3. The van der Waals surface area contributed by atoms with E-state index in [2.05, 4.69) is 5.32 Å². The molecule has 1 aliphatic carbocycles. The average molecular weight is 305 g/mol. The van der Waals surface area contributed by atoms with Crippen LogP contribution in [0.3, 0.4) is 0 Å². The van der Waals surface area contributed by atoms with Gasteiger partial charge in [0.25, 0.3) is 0 Å². The van der Waals surface area contributed by atoms with Crippen molar-refractivity contribution in [1.82, 2.24) is 0 Å². The summed E-state index contributed by atoms with van der Waals surface area (Å²) in [4.78, 5) is 0. The highest BCUT2D eigenvalue weighted by molar-refractivity contribution is 5.48. The molecule has 1 aliphatic rings. The van der Waals surface area contributed by atoms with Gasteiger partial charge in [-0.15, -0.1) is 0 Å². The van der Waals surface area contributed by atoms with Crippen LogP contribution in [0.5, 0.6) is 0 Å². The molecule has 0 bridgehead atoms. The summed E-state index contributed by atoms with van der Waals surface area (Å²) in [6.07, 6.45) is -0.105. The second kappa shape index (κ2) is 6.64. The van der Waals surface area contributed by atoms with Gasteiger partial charge in [-0.25, -0.2) is 4.39 Å². The molecule has 0 amide bonds. The number of hydrogen-bond donors (Lipinski definition) is 2. The Balaban J connectivity index is 1.92. The smallest absolute Gasteiger partial charge is 0.391 e. The van der Waals surface area contributed by atoms with Gasteiger partial charge in [0, 0.05) is 6.54 Å². The Morgan fingerprint density at radius 2 is 1.90 bits per heavy atom. The Hall–Kier alpha value is -1.30. The molecule has 0 spiro atoms. The third-order valence-corrected chi connectivity index (χ3v) is 3.90. The Morgan fingerprint density at radius 3 is 2.52 bits per heavy atom. The molecule has 118 valence electrons. The van der Waals surface area contributed by atoms with Crippen LogP contribution >= 0.6 is 0 Å². The molecule has 1 aromatic carbocycles. The monoisotopic (exact) mass is 305 g/mol. The highest BCUT2D eigenvalue weighted by atomic mass is 19.4. The van der Waals surface area contributed by atoms with Gasteiger partial charge in [-0.3, -0.25) is 0 Å². The van der Waals surface area contributed by atoms with Crippen molar-refractivity contribution in [3.8, 4) is 0 Å². The minimum Gasteiger partial charge on any atom is -0.391 e. The van der Waals surface area contributed by atoms with E-state index < -0.39 is 23.7 Å². The van der Waals surface area contributed by atoms with E-state index in [1.54, 1.807) is 0 Å². The maximum atomic E-state index is 13.5. The summed E-state index contributed by atoms with van der Waals surface area (Å²) in [5.41, 5.74) is -1.13. The van der Waals surface area contributed by atoms with Crippen molar-refractivity contribution in [3.63, 3.8) is 0 Å². The fourth-order valence-corrected chi connectivity index (χ4v) is 2.78. The Labute approximate surface area is 121 Å². The maximum Gasteiger partial charge on any atom is 0.416 e. The quantitative estimate of drug-likeness (QED) is 0.799. The van der Waals surface area contributed by atoms with Crippen molar-refractivity contribution >= 4 is 5.69 Å². The summed E-state index contributed by atoms with van der Waals surface area (Å²) in [6, 6.07) is 2.22. The predicted molar refractivity (Wildman–Crippen MR) is 72.5 cm³/mol. The summed E-state index contributed by atoms with van der Waals surface area (Å²) < 4.78 is 51.2. The van der Waals surface area contributed by atoms with Crippen LogP contribution in [-0.4, -0.2) is 17.8 Å². The number of aliphatic hydroxyl groups excluding tert-OH is 1. The minimum absolute atomic E-state index is 0.0503. The molecule has 1 unspecified atom stereocenters. The molecule has 0 aliphatic heterocycles. The lowest BCUT2D eigenvalue weighted by molar-refractivity contribution is -0.137. The molecule has 1 saturated carbocycles. The SMILES string of the molecule is OC(CNc1cc(C(F)(F)F)ccc1F)CC1CCCC1. The second-order valence-electron chi connectivity index (χ2n) is 5.61. The van der Waals surface area contributed by atoms with Crippen LogP contribution in [0, 0.1) is 11.7 Å². The van der Waals surface area contributed by atoms with Crippen LogP contribution in [-0.2, 0) is 6.18 Å². The van der Waals surface area contributed by atoms with Gasteiger partial charge in [0.15, 0.2) is 0 Å². The van der Waals surface area contributed by atoms with E-state index >= 15 is 0 Å². The largest absolute Gasteiger partial charge is 0.416 e. The standard InChI is InChI=1S/C15H19F4NO/c16-13-6-5-11(15(17,18)19)8-14(13)20-9-12(21)7-10-3-1-2-4-10/h5-6,8,10,12,20-21H,1-4,7,9H2. The summed E-state index contributed by atoms with van der Waals surface area (Å²) in [6.45, 7) is 0.0503. The van der Waals surface area contributed by atoms with E-state index in [0.717, 1.165) is 37.8 Å². The number of aliphatic hydroxyl groups is 1. The molecule has 0 radical (unpaired) electrons. The molecular weight excluding hydrogens is 286 g/mol. The third-order valence-electron chi connectivity index (χ3n) is 3.90. The fraction of sp³-hybridized carbons (Fsp3) is 0.600. The Morgan fingerprint density at radius 1 is 1.24 bits per heavy atom. The zero-order chi connectivity index (χ0) is 15.5. The molecule has 0 aromatic heterocycles. The molecule has 0 saturated heterocycles. The van der Waals surface area contributed by atoms with Crippen molar-refractivity contribution in [3.05, 3.63) is 29.6 Å². The zero-order valence-electron chi connectivity index (χ0n) is 11.6. The van der Waals surface area contributed by atoms with E-state index in [4.69, 9.17) is 0 Å². The number of rotatable bonds is 5. The number of anilines is 1. The van der Waals surface area contributed by atoms with Gasteiger partial charge < -0.3 is 10.4 Å². The summed E-state index contributed by atoms with van der Waals surface area (Å²) in [7, 11) is 0. The zero-order valence-corrected chi connectivity index (χ0v) is 11.6.